The molecule has 1 heteroatoms. The minimum absolute atomic E-state index is 1.15. The van der Waals surface area contributed by atoms with Crippen LogP contribution in [0.5, 0.6) is 0 Å². The van der Waals surface area contributed by atoms with Crippen LogP contribution in [0.1, 0.15) is 31.9 Å². The fraction of sp³-hybridized carbons (Fsp3) is 0.538. The Kier molecular flexibility index (Phi) is 8.86. The van der Waals surface area contributed by atoms with E-state index in [-0.39, 0.29) is 0 Å². The number of thioether (sulfide) groups is 1. The zero-order valence-corrected chi connectivity index (χ0v) is 10.7. The van der Waals surface area contributed by atoms with Gasteiger partial charge in [0.2, 0.25) is 0 Å². The lowest BCUT2D eigenvalue weighted by Gasteiger charge is -2.01. The largest absolute Gasteiger partial charge is 0.165 e. The van der Waals surface area contributed by atoms with Gasteiger partial charge in [-0.3, -0.25) is 0 Å². The van der Waals surface area contributed by atoms with Gasteiger partial charge >= 0.3 is 0 Å². The van der Waals surface area contributed by atoms with Crippen LogP contribution in [0.25, 0.3) is 0 Å². The molecule has 1 aromatic rings. The van der Waals surface area contributed by atoms with Gasteiger partial charge < -0.3 is 0 Å². The monoisotopic (exact) mass is 210 g/mol. The molecule has 80 valence electrons. The molecule has 0 bridgehead atoms. The van der Waals surface area contributed by atoms with Crippen LogP contribution in [0.4, 0.5) is 0 Å². The molecule has 0 fully saturated rings. The molecular formula is C13H22S. The lowest BCUT2D eigenvalue weighted by molar-refractivity contribution is 1.09. The van der Waals surface area contributed by atoms with Gasteiger partial charge in [-0.05, 0) is 36.0 Å². The Bertz CT molecular complexity index is 230. The summed E-state index contributed by atoms with van der Waals surface area (Å²) in [5.74, 6) is 1.23. The van der Waals surface area contributed by atoms with Crippen molar-refractivity contribution in [3.63, 3.8) is 0 Å². The van der Waals surface area contributed by atoms with Gasteiger partial charge in [0.05, 0.1) is 0 Å². The molecule has 0 aliphatic carbocycles. The zero-order valence-electron chi connectivity index (χ0n) is 9.84. The second kappa shape index (κ2) is 9.14. The number of hydrogen-bond donors (Lipinski definition) is 0. The molecule has 0 atom stereocenters. The Balaban J connectivity index is 0.000000791. The average molecular weight is 210 g/mol. The molecule has 0 saturated heterocycles. The van der Waals surface area contributed by atoms with Crippen molar-refractivity contribution in [2.75, 3.05) is 12.0 Å². The van der Waals surface area contributed by atoms with Crippen molar-refractivity contribution in [1.82, 2.24) is 0 Å². The lowest BCUT2D eigenvalue weighted by Crippen LogP contribution is -1.89. The molecule has 0 aliphatic heterocycles. The van der Waals surface area contributed by atoms with Crippen LogP contribution in [0.15, 0.2) is 24.3 Å². The van der Waals surface area contributed by atoms with Crippen LogP contribution in [0, 0.1) is 0 Å². The van der Waals surface area contributed by atoms with Gasteiger partial charge in [0, 0.05) is 0 Å². The zero-order chi connectivity index (χ0) is 10.8. The van der Waals surface area contributed by atoms with Crippen LogP contribution < -0.4 is 0 Å². The Hall–Kier alpha value is -0.430. The van der Waals surface area contributed by atoms with E-state index >= 15 is 0 Å². The van der Waals surface area contributed by atoms with E-state index in [1.54, 1.807) is 0 Å². The maximum atomic E-state index is 2.32. The van der Waals surface area contributed by atoms with E-state index in [1.165, 1.54) is 23.3 Å². The quantitative estimate of drug-likeness (QED) is 0.718. The van der Waals surface area contributed by atoms with Crippen molar-refractivity contribution in [2.24, 2.45) is 0 Å². The summed E-state index contributed by atoms with van der Waals surface area (Å²) in [6, 6.07) is 8.89. The second-order valence-electron chi connectivity index (χ2n) is 2.92. The molecule has 0 radical (unpaired) electrons. The van der Waals surface area contributed by atoms with E-state index in [2.05, 4.69) is 37.4 Å². The molecule has 1 rings (SSSR count). The fourth-order valence-electron chi connectivity index (χ4n) is 1.22. The summed E-state index contributed by atoms with van der Waals surface area (Å²) >= 11 is 1.91. The van der Waals surface area contributed by atoms with Crippen molar-refractivity contribution in [3.05, 3.63) is 35.4 Å². The molecule has 0 N–H and O–H groups in total. The maximum Gasteiger partial charge on any atom is -0.00298 e. The van der Waals surface area contributed by atoms with Gasteiger partial charge in [0.1, 0.15) is 0 Å². The van der Waals surface area contributed by atoms with Gasteiger partial charge in [-0.2, -0.15) is 11.8 Å². The molecular weight excluding hydrogens is 188 g/mol. The fourth-order valence-corrected chi connectivity index (χ4v) is 1.66. The molecule has 0 nitrogen and oxygen atoms in total. The third-order valence-electron chi connectivity index (χ3n) is 1.99. The van der Waals surface area contributed by atoms with E-state index in [9.17, 15) is 0 Å². The van der Waals surface area contributed by atoms with Crippen molar-refractivity contribution in [1.29, 1.82) is 0 Å². The summed E-state index contributed by atoms with van der Waals surface area (Å²) in [4.78, 5) is 0. The highest BCUT2D eigenvalue weighted by Crippen LogP contribution is 2.08. The summed E-state index contributed by atoms with van der Waals surface area (Å²) in [6.07, 6.45) is 4.51. The molecule has 0 unspecified atom stereocenters. The molecule has 14 heavy (non-hydrogen) atoms. The number of benzene rings is 1. The highest BCUT2D eigenvalue weighted by Gasteiger charge is 1.93. The topological polar surface area (TPSA) is 0 Å². The van der Waals surface area contributed by atoms with Gasteiger partial charge in [-0.25, -0.2) is 0 Å². The summed E-state index contributed by atoms with van der Waals surface area (Å²) in [5.41, 5.74) is 2.93. The summed E-state index contributed by atoms with van der Waals surface area (Å²) < 4.78 is 0. The van der Waals surface area contributed by atoms with Crippen molar-refractivity contribution >= 4 is 11.8 Å². The van der Waals surface area contributed by atoms with E-state index < -0.39 is 0 Å². The van der Waals surface area contributed by atoms with E-state index in [0.29, 0.717) is 0 Å². The first-order valence-electron chi connectivity index (χ1n) is 5.43. The molecule has 0 saturated carbocycles. The number of hydrogen-bond acceptors (Lipinski definition) is 1. The van der Waals surface area contributed by atoms with Crippen LogP contribution in [0.2, 0.25) is 0 Å². The predicted octanol–water partition coefficient (Wildman–Crippen LogP) is 4.18. The number of rotatable bonds is 4. The SMILES string of the molecule is CC.CCc1cccc(CCSC)c1. The Morgan fingerprint density at radius 3 is 2.36 bits per heavy atom. The van der Waals surface area contributed by atoms with Crippen LogP contribution in [-0.4, -0.2) is 12.0 Å². The molecule has 1 aromatic carbocycles. The highest BCUT2D eigenvalue weighted by molar-refractivity contribution is 7.98. The number of aryl methyl sites for hydroxylation is 2. The van der Waals surface area contributed by atoms with Crippen LogP contribution >= 0.6 is 11.8 Å². The molecule has 0 spiro atoms. The third kappa shape index (κ3) is 5.33. The van der Waals surface area contributed by atoms with E-state index in [0.717, 1.165) is 6.42 Å². The Morgan fingerprint density at radius 2 is 1.79 bits per heavy atom. The molecule has 0 aliphatic rings. The van der Waals surface area contributed by atoms with Crippen molar-refractivity contribution < 1.29 is 0 Å². The van der Waals surface area contributed by atoms with Crippen LogP contribution in [-0.2, 0) is 12.8 Å². The average Bonchev–Trinajstić information content (AvgIpc) is 2.29. The summed E-state index contributed by atoms with van der Waals surface area (Å²) in [5, 5.41) is 0. The first-order valence-corrected chi connectivity index (χ1v) is 6.83. The van der Waals surface area contributed by atoms with E-state index in [1.807, 2.05) is 25.6 Å². The Morgan fingerprint density at radius 1 is 1.14 bits per heavy atom. The standard InChI is InChI=1S/C11H16S.C2H6/c1-3-10-5-4-6-11(9-10)7-8-12-2;1-2/h4-6,9H,3,7-8H2,1-2H3;1-2H3. The predicted molar refractivity (Wildman–Crippen MR) is 69.3 cm³/mol. The van der Waals surface area contributed by atoms with E-state index in [4.69, 9.17) is 0 Å². The van der Waals surface area contributed by atoms with Gasteiger partial charge in [0.25, 0.3) is 0 Å². The van der Waals surface area contributed by atoms with Crippen LogP contribution in [0.3, 0.4) is 0 Å². The summed E-state index contributed by atoms with van der Waals surface area (Å²) in [6.45, 7) is 6.20. The van der Waals surface area contributed by atoms with Crippen molar-refractivity contribution in [3.8, 4) is 0 Å². The van der Waals surface area contributed by atoms with Gasteiger partial charge in [-0.15, -0.1) is 0 Å². The first-order chi connectivity index (χ1) is 6.86. The first kappa shape index (κ1) is 13.6. The molecule has 0 heterocycles. The smallest absolute Gasteiger partial charge is 0.00298 e. The third-order valence-corrected chi connectivity index (χ3v) is 2.61. The minimum Gasteiger partial charge on any atom is -0.165 e. The molecule has 0 aromatic heterocycles. The highest BCUT2D eigenvalue weighted by atomic mass is 32.2. The minimum atomic E-state index is 1.15. The van der Waals surface area contributed by atoms with Gasteiger partial charge in [0.15, 0.2) is 0 Å². The molecule has 0 amide bonds. The lowest BCUT2D eigenvalue weighted by atomic mass is 10.1. The Labute approximate surface area is 93.1 Å². The normalized spacial score (nSPS) is 9.14. The maximum absolute atomic E-state index is 2.32. The van der Waals surface area contributed by atoms with Gasteiger partial charge in [-0.1, -0.05) is 45.0 Å². The summed E-state index contributed by atoms with van der Waals surface area (Å²) in [7, 11) is 0. The van der Waals surface area contributed by atoms with Crippen molar-refractivity contribution in [2.45, 2.75) is 33.6 Å². The second-order valence-corrected chi connectivity index (χ2v) is 3.90.